The van der Waals surface area contributed by atoms with Crippen LogP contribution in [0.5, 0.6) is 6.01 Å². The molecule has 1 aromatic heterocycles. The van der Waals surface area contributed by atoms with Crippen LogP contribution in [-0.2, 0) is 4.79 Å². The molecule has 1 rings (SSSR count). The number of hydrogen-bond acceptors (Lipinski definition) is 6. The number of anilines is 1. The molecule has 7 nitrogen and oxygen atoms in total. The van der Waals surface area contributed by atoms with Gasteiger partial charge in [-0.2, -0.15) is 15.0 Å². The zero-order valence-corrected chi connectivity index (χ0v) is 12.2. The van der Waals surface area contributed by atoms with Gasteiger partial charge in [0.25, 0.3) is 0 Å². The minimum atomic E-state index is -0.155. The molecule has 0 radical (unpaired) electrons. The Kier molecular flexibility index (Phi) is 5.75. The molecule has 0 fully saturated rings. The second-order valence-corrected chi connectivity index (χ2v) is 4.79. The minimum Gasteiger partial charge on any atom is -0.461 e. The highest BCUT2D eigenvalue weighted by atomic mass is 35.5. The summed E-state index contributed by atoms with van der Waals surface area (Å²) in [6.07, 6.45) is -0.0736. The number of ether oxygens (including phenoxy) is 1. The van der Waals surface area contributed by atoms with Crippen molar-refractivity contribution in [2.75, 3.05) is 11.9 Å². The summed E-state index contributed by atoms with van der Waals surface area (Å²) in [7, 11) is 0. The van der Waals surface area contributed by atoms with Gasteiger partial charge in [-0.3, -0.25) is 4.79 Å². The highest BCUT2D eigenvalue weighted by molar-refractivity contribution is 6.28. The van der Waals surface area contributed by atoms with Crippen LogP contribution in [0.4, 0.5) is 5.95 Å². The van der Waals surface area contributed by atoms with Crippen molar-refractivity contribution in [2.45, 2.75) is 39.8 Å². The Morgan fingerprint density at radius 1 is 1.26 bits per heavy atom. The molecule has 0 aliphatic rings. The van der Waals surface area contributed by atoms with E-state index < -0.39 is 0 Å². The van der Waals surface area contributed by atoms with Crippen LogP contribution in [0.2, 0.25) is 5.28 Å². The summed E-state index contributed by atoms with van der Waals surface area (Å²) >= 11 is 5.75. The first-order valence-electron chi connectivity index (χ1n) is 5.98. The number of halogens is 1. The fourth-order valence-electron chi connectivity index (χ4n) is 1.21. The lowest BCUT2D eigenvalue weighted by Gasteiger charge is -2.11. The van der Waals surface area contributed by atoms with Crippen LogP contribution in [0.25, 0.3) is 0 Å². The molecule has 19 heavy (non-hydrogen) atoms. The van der Waals surface area contributed by atoms with Gasteiger partial charge in [0.2, 0.25) is 17.1 Å². The number of carbonyl (C=O) groups excluding carboxylic acids is 1. The third kappa shape index (κ3) is 6.19. The van der Waals surface area contributed by atoms with Gasteiger partial charge in [-0.05, 0) is 39.3 Å². The molecule has 0 atom stereocenters. The standard InChI is InChI=1S/C11H18ClN5O2/c1-6(2)14-8(18)5-13-10-15-9(12)16-11(17-10)19-7(3)4/h6-7H,5H2,1-4H3,(H,14,18)(H,13,15,16,17). The maximum atomic E-state index is 11.5. The van der Waals surface area contributed by atoms with E-state index in [1.165, 1.54) is 0 Å². The number of carbonyl (C=O) groups is 1. The van der Waals surface area contributed by atoms with Gasteiger partial charge >= 0.3 is 6.01 Å². The Bertz CT molecular complexity index is 439. The summed E-state index contributed by atoms with van der Waals surface area (Å²) in [5, 5.41) is 5.51. The van der Waals surface area contributed by atoms with Crippen molar-refractivity contribution in [3.05, 3.63) is 5.28 Å². The van der Waals surface area contributed by atoms with E-state index in [1.54, 1.807) is 0 Å². The third-order valence-corrected chi connectivity index (χ3v) is 1.95. The Labute approximate surface area is 117 Å². The van der Waals surface area contributed by atoms with E-state index in [0.717, 1.165) is 0 Å². The van der Waals surface area contributed by atoms with E-state index in [9.17, 15) is 4.79 Å². The van der Waals surface area contributed by atoms with Crippen molar-refractivity contribution in [1.82, 2.24) is 20.3 Å². The van der Waals surface area contributed by atoms with Gasteiger partial charge < -0.3 is 15.4 Å². The van der Waals surface area contributed by atoms with Crippen LogP contribution in [0, 0.1) is 0 Å². The van der Waals surface area contributed by atoms with Crippen molar-refractivity contribution in [2.24, 2.45) is 0 Å². The highest BCUT2D eigenvalue weighted by Gasteiger charge is 2.09. The molecule has 0 unspecified atom stereocenters. The van der Waals surface area contributed by atoms with E-state index in [2.05, 4.69) is 25.6 Å². The van der Waals surface area contributed by atoms with Crippen LogP contribution in [0.15, 0.2) is 0 Å². The molecule has 0 aromatic carbocycles. The number of aromatic nitrogens is 3. The Morgan fingerprint density at radius 3 is 2.53 bits per heavy atom. The second-order valence-electron chi connectivity index (χ2n) is 4.45. The van der Waals surface area contributed by atoms with Crippen molar-refractivity contribution in [3.8, 4) is 6.01 Å². The topological polar surface area (TPSA) is 89.0 Å². The van der Waals surface area contributed by atoms with Gasteiger partial charge in [0.15, 0.2) is 0 Å². The molecule has 0 saturated heterocycles. The SMILES string of the molecule is CC(C)NC(=O)CNc1nc(Cl)nc(OC(C)C)n1. The highest BCUT2D eigenvalue weighted by Crippen LogP contribution is 2.12. The first-order valence-corrected chi connectivity index (χ1v) is 6.36. The molecular weight excluding hydrogens is 270 g/mol. The van der Waals surface area contributed by atoms with Crippen LogP contribution in [-0.4, -0.2) is 39.5 Å². The zero-order valence-electron chi connectivity index (χ0n) is 11.4. The fraction of sp³-hybridized carbons (Fsp3) is 0.636. The molecule has 0 aliphatic carbocycles. The number of amides is 1. The molecule has 2 N–H and O–H groups in total. The van der Waals surface area contributed by atoms with Crippen molar-refractivity contribution < 1.29 is 9.53 Å². The lowest BCUT2D eigenvalue weighted by atomic mass is 10.4. The average molecular weight is 288 g/mol. The van der Waals surface area contributed by atoms with Gasteiger partial charge in [-0.1, -0.05) is 0 Å². The van der Waals surface area contributed by atoms with Crippen LogP contribution >= 0.6 is 11.6 Å². The Morgan fingerprint density at radius 2 is 1.95 bits per heavy atom. The Hall–Kier alpha value is -1.63. The monoisotopic (exact) mass is 287 g/mol. The quantitative estimate of drug-likeness (QED) is 0.818. The van der Waals surface area contributed by atoms with Gasteiger partial charge in [-0.15, -0.1) is 0 Å². The molecular formula is C11H18ClN5O2. The zero-order chi connectivity index (χ0) is 14.4. The fourth-order valence-corrected chi connectivity index (χ4v) is 1.36. The van der Waals surface area contributed by atoms with Gasteiger partial charge in [0, 0.05) is 6.04 Å². The first kappa shape index (κ1) is 15.4. The lowest BCUT2D eigenvalue weighted by molar-refractivity contribution is -0.119. The largest absolute Gasteiger partial charge is 0.461 e. The minimum absolute atomic E-state index is 0.0115. The third-order valence-electron chi connectivity index (χ3n) is 1.79. The summed E-state index contributed by atoms with van der Waals surface area (Å²) in [4.78, 5) is 23.2. The Balaban J connectivity index is 2.63. The molecule has 1 heterocycles. The van der Waals surface area contributed by atoms with E-state index in [1.807, 2.05) is 27.7 Å². The van der Waals surface area contributed by atoms with E-state index in [0.29, 0.717) is 0 Å². The number of rotatable bonds is 6. The van der Waals surface area contributed by atoms with Crippen molar-refractivity contribution in [1.29, 1.82) is 0 Å². The maximum Gasteiger partial charge on any atom is 0.322 e. The number of nitrogens with one attached hydrogen (secondary N) is 2. The molecule has 0 saturated carbocycles. The number of hydrogen-bond donors (Lipinski definition) is 2. The summed E-state index contributed by atoms with van der Waals surface area (Å²) in [6.45, 7) is 7.51. The maximum absolute atomic E-state index is 11.5. The van der Waals surface area contributed by atoms with Gasteiger partial charge in [0.05, 0.1) is 12.6 Å². The predicted octanol–water partition coefficient (Wildman–Crippen LogP) is 1.25. The molecule has 0 aliphatic heterocycles. The molecule has 106 valence electrons. The van der Waals surface area contributed by atoms with Crippen LogP contribution < -0.4 is 15.4 Å². The lowest BCUT2D eigenvalue weighted by Crippen LogP contribution is -2.35. The van der Waals surface area contributed by atoms with E-state index in [4.69, 9.17) is 16.3 Å². The molecule has 0 spiro atoms. The first-order chi connectivity index (χ1) is 8.86. The normalized spacial score (nSPS) is 10.7. The summed E-state index contributed by atoms with van der Waals surface area (Å²) in [5.74, 6) is 0.0485. The smallest absolute Gasteiger partial charge is 0.322 e. The molecule has 1 amide bonds. The number of nitrogens with zero attached hydrogens (tertiary/aromatic N) is 3. The predicted molar refractivity (Wildman–Crippen MR) is 72.4 cm³/mol. The summed E-state index contributed by atoms with van der Waals surface area (Å²) in [5.41, 5.74) is 0. The van der Waals surface area contributed by atoms with Crippen molar-refractivity contribution >= 4 is 23.5 Å². The van der Waals surface area contributed by atoms with Crippen molar-refractivity contribution in [3.63, 3.8) is 0 Å². The molecule has 1 aromatic rings. The van der Waals surface area contributed by atoms with Gasteiger partial charge in [-0.25, -0.2) is 0 Å². The summed E-state index contributed by atoms with van der Waals surface area (Å²) < 4.78 is 5.32. The van der Waals surface area contributed by atoms with E-state index in [-0.39, 0.29) is 41.8 Å². The molecule has 8 heteroatoms. The summed E-state index contributed by atoms with van der Waals surface area (Å²) in [6, 6.07) is 0.206. The van der Waals surface area contributed by atoms with Crippen LogP contribution in [0.1, 0.15) is 27.7 Å². The van der Waals surface area contributed by atoms with E-state index >= 15 is 0 Å². The van der Waals surface area contributed by atoms with Crippen LogP contribution in [0.3, 0.4) is 0 Å². The van der Waals surface area contributed by atoms with Gasteiger partial charge in [0.1, 0.15) is 0 Å². The average Bonchev–Trinajstić information content (AvgIpc) is 2.23. The molecule has 0 bridgehead atoms. The second kappa shape index (κ2) is 7.08.